The molecule has 0 amide bonds. The molecule has 10 aromatic carbocycles. The molecule has 0 saturated carbocycles. The summed E-state index contributed by atoms with van der Waals surface area (Å²) in [7, 11) is 0. The van der Waals surface area contributed by atoms with Gasteiger partial charge in [0, 0.05) is 38.8 Å². The van der Waals surface area contributed by atoms with E-state index < -0.39 is 0 Å². The molecule has 0 radical (unpaired) electrons. The smallest absolute Gasteiger partial charge is 0.145 e. The van der Waals surface area contributed by atoms with Crippen molar-refractivity contribution in [3.63, 3.8) is 0 Å². The molecule has 0 unspecified atom stereocenters. The first-order chi connectivity index (χ1) is 30.2. The number of nitrogens with zero attached hydrogens (tertiary/aromatic N) is 2. The highest BCUT2D eigenvalue weighted by Gasteiger charge is 2.22. The van der Waals surface area contributed by atoms with Crippen LogP contribution in [0.25, 0.3) is 93.6 Å². The minimum Gasteiger partial charge on any atom is -0.455 e. The van der Waals surface area contributed by atoms with E-state index in [0.29, 0.717) is 0 Å². The van der Waals surface area contributed by atoms with Crippen molar-refractivity contribution in [3.8, 4) is 39.1 Å². The van der Waals surface area contributed by atoms with Gasteiger partial charge < -0.3 is 13.9 Å². The molecule has 3 nitrogen and oxygen atoms in total. The Bertz CT molecular complexity index is 3510. The van der Waals surface area contributed by atoms with Crippen LogP contribution < -0.4 is 4.90 Å². The van der Waals surface area contributed by atoms with E-state index in [2.05, 4.69) is 234 Å². The van der Waals surface area contributed by atoms with Gasteiger partial charge in [-0.3, -0.25) is 0 Å². The Labute approximate surface area is 353 Å². The van der Waals surface area contributed by atoms with Crippen molar-refractivity contribution in [3.05, 3.63) is 231 Å². The summed E-state index contributed by atoms with van der Waals surface area (Å²) in [4.78, 5) is 2.37. The second-order valence-corrected chi connectivity index (χ2v) is 15.7. The highest BCUT2D eigenvalue weighted by Crippen LogP contribution is 2.46. The topological polar surface area (TPSA) is 21.3 Å². The van der Waals surface area contributed by atoms with Crippen molar-refractivity contribution in [2.75, 3.05) is 4.90 Å². The van der Waals surface area contributed by atoms with Crippen LogP contribution >= 0.6 is 0 Å². The second-order valence-electron chi connectivity index (χ2n) is 15.7. The molecule has 61 heavy (non-hydrogen) atoms. The van der Waals surface area contributed by atoms with Crippen LogP contribution in [0.2, 0.25) is 0 Å². The van der Waals surface area contributed by atoms with Crippen molar-refractivity contribution in [1.82, 2.24) is 4.57 Å². The van der Waals surface area contributed by atoms with Gasteiger partial charge in [-0.1, -0.05) is 158 Å². The van der Waals surface area contributed by atoms with Crippen LogP contribution in [-0.2, 0) is 0 Å². The molecule has 0 aliphatic heterocycles. The molecule has 2 aromatic heterocycles. The number of hydrogen-bond acceptors (Lipinski definition) is 2. The third-order valence-electron chi connectivity index (χ3n) is 12.2. The maximum atomic E-state index is 6.74. The quantitative estimate of drug-likeness (QED) is 0.161. The minimum absolute atomic E-state index is 0.869. The number of rotatable bonds is 7. The summed E-state index contributed by atoms with van der Waals surface area (Å²) < 4.78 is 9.11. The van der Waals surface area contributed by atoms with Crippen molar-refractivity contribution in [2.24, 2.45) is 0 Å². The lowest BCUT2D eigenvalue weighted by Crippen LogP contribution is -2.10. The van der Waals surface area contributed by atoms with E-state index in [-0.39, 0.29) is 0 Å². The van der Waals surface area contributed by atoms with Gasteiger partial charge in [0.15, 0.2) is 0 Å². The first-order valence-corrected chi connectivity index (χ1v) is 20.8. The number of anilines is 3. The third-order valence-corrected chi connectivity index (χ3v) is 12.2. The number of hydrogen-bond donors (Lipinski definition) is 0. The zero-order valence-electron chi connectivity index (χ0n) is 33.2. The maximum absolute atomic E-state index is 6.74. The highest BCUT2D eigenvalue weighted by molar-refractivity contribution is 6.17. The fourth-order valence-electron chi connectivity index (χ4n) is 9.25. The van der Waals surface area contributed by atoms with Crippen LogP contribution in [0.4, 0.5) is 17.1 Å². The molecule has 12 rings (SSSR count). The van der Waals surface area contributed by atoms with Gasteiger partial charge in [-0.25, -0.2) is 0 Å². The van der Waals surface area contributed by atoms with Gasteiger partial charge in [0.2, 0.25) is 0 Å². The van der Waals surface area contributed by atoms with E-state index in [0.717, 1.165) is 66.9 Å². The molecule has 0 fully saturated rings. The van der Waals surface area contributed by atoms with Crippen molar-refractivity contribution in [2.45, 2.75) is 0 Å². The van der Waals surface area contributed by atoms with Crippen LogP contribution in [0.15, 0.2) is 235 Å². The predicted octanol–water partition coefficient (Wildman–Crippen LogP) is 16.3. The first-order valence-electron chi connectivity index (χ1n) is 20.8. The molecule has 0 N–H and O–H groups in total. The molecule has 0 saturated heterocycles. The lowest BCUT2D eigenvalue weighted by molar-refractivity contribution is 0.670. The summed E-state index contributed by atoms with van der Waals surface area (Å²) in [5.74, 6) is 0. The molecule has 286 valence electrons. The molecular weight excluding hydrogens is 741 g/mol. The molecule has 0 aliphatic carbocycles. The minimum atomic E-state index is 0.869. The molecule has 12 aromatic rings. The van der Waals surface area contributed by atoms with Crippen LogP contribution in [0.1, 0.15) is 0 Å². The zero-order valence-corrected chi connectivity index (χ0v) is 33.2. The lowest BCUT2D eigenvalue weighted by atomic mass is 9.99. The monoisotopic (exact) mass is 778 g/mol. The number of furan rings is 1. The fraction of sp³-hybridized carbons (Fsp3) is 0. The van der Waals surface area contributed by atoms with Crippen LogP contribution in [0.3, 0.4) is 0 Å². The molecule has 0 atom stereocenters. The molecule has 0 spiro atoms. The molecular formula is C58H38N2O. The Morgan fingerprint density at radius 2 is 0.885 bits per heavy atom. The van der Waals surface area contributed by atoms with E-state index in [1.165, 1.54) is 43.7 Å². The Kier molecular flexibility index (Phi) is 8.17. The molecule has 2 heterocycles. The Balaban J connectivity index is 0.972. The van der Waals surface area contributed by atoms with Gasteiger partial charge in [-0.2, -0.15) is 0 Å². The van der Waals surface area contributed by atoms with Gasteiger partial charge in [0.1, 0.15) is 11.2 Å². The second kappa shape index (κ2) is 14.3. The number of aromatic nitrogens is 1. The van der Waals surface area contributed by atoms with Gasteiger partial charge in [-0.05, 0) is 111 Å². The Hall–Kier alpha value is -8.14. The number of fused-ring (bicyclic) bond motifs is 7. The average molecular weight is 779 g/mol. The summed E-state index contributed by atoms with van der Waals surface area (Å²) in [6, 6.07) is 82.8. The number of para-hydroxylation sites is 3. The Morgan fingerprint density at radius 1 is 0.361 bits per heavy atom. The van der Waals surface area contributed by atoms with E-state index in [9.17, 15) is 0 Å². The molecule has 3 heteroatoms. The summed E-state index contributed by atoms with van der Waals surface area (Å²) in [5.41, 5.74) is 15.4. The number of benzene rings is 10. The maximum Gasteiger partial charge on any atom is 0.145 e. The van der Waals surface area contributed by atoms with Crippen LogP contribution in [0, 0.1) is 0 Å². The van der Waals surface area contributed by atoms with Crippen LogP contribution in [0.5, 0.6) is 0 Å². The van der Waals surface area contributed by atoms with Gasteiger partial charge >= 0.3 is 0 Å². The van der Waals surface area contributed by atoms with Crippen molar-refractivity contribution >= 4 is 71.6 Å². The van der Waals surface area contributed by atoms with Crippen LogP contribution in [-0.4, -0.2) is 4.57 Å². The van der Waals surface area contributed by atoms with E-state index in [4.69, 9.17) is 4.42 Å². The third kappa shape index (κ3) is 5.90. The van der Waals surface area contributed by atoms with Gasteiger partial charge in [0.25, 0.3) is 0 Å². The summed E-state index contributed by atoms with van der Waals surface area (Å²) >= 11 is 0. The van der Waals surface area contributed by atoms with Crippen molar-refractivity contribution < 1.29 is 4.42 Å². The van der Waals surface area contributed by atoms with Gasteiger partial charge in [-0.15, -0.1) is 0 Å². The van der Waals surface area contributed by atoms with E-state index >= 15 is 0 Å². The fourth-order valence-corrected chi connectivity index (χ4v) is 9.25. The van der Waals surface area contributed by atoms with Gasteiger partial charge in [0.05, 0.1) is 22.1 Å². The molecule has 0 aliphatic rings. The summed E-state index contributed by atoms with van der Waals surface area (Å²) in [6.45, 7) is 0. The average Bonchev–Trinajstić information content (AvgIpc) is 3.89. The highest BCUT2D eigenvalue weighted by atomic mass is 16.3. The SMILES string of the molecule is c1ccc(-c2ccc(N(c3ccc(-c4ccc(-n5c6ccccc6c6ccccc65)cc4)cc3)c3ccc(-c4ccc5ccccc5c4)cc3)c3c2oc2ccccc23)cc1. The summed E-state index contributed by atoms with van der Waals surface area (Å²) in [5, 5.41) is 7.18. The zero-order chi connectivity index (χ0) is 40.3. The van der Waals surface area contributed by atoms with E-state index in [1.807, 2.05) is 6.07 Å². The standard InChI is InChI=1S/C58H38N2O/c1-2-13-43(14-3-1)49-36-37-55(57-52-18-8-11-21-56(52)61-58(49)57)59(47-32-28-42(29-33-47)45-23-22-39-12-4-5-15-44(39)38-45)46-30-24-40(25-31-46)41-26-34-48(35-27-41)60-53-19-9-6-16-50(53)51-17-7-10-20-54(51)60/h1-38H. The first kappa shape index (κ1) is 34.9. The van der Waals surface area contributed by atoms with Crippen molar-refractivity contribution in [1.29, 1.82) is 0 Å². The molecule has 0 bridgehead atoms. The largest absolute Gasteiger partial charge is 0.455 e. The summed E-state index contributed by atoms with van der Waals surface area (Å²) in [6.07, 6.45) is 0. The van der Waals surface area contributed by atoms with E-state index in [1.54, 1.807) is 0 Å². The lowest BCUT2D eigenvalue weighted by Gasteiger charge is -2.27. The normalized spacial score (nSPS) is 11.6. The Morgan fingerprint density at radius 3 is 1.56 bits per heavy atom. The predicted molar refractivity (Wildman–Crippen MR) is 257 cm³/mol.